The van der Waals surface area contributed by atoms with Gasteiger partial charge < -0.3 is 4.74 Å². The summed E-state index contributed by atoms with van der Waals surface area (Å²) in [7, 11) is 0.850. The summed E-state index contributed by atoms with van der Waals surface area (Å²) in [5.74, 6) is 0.767. The SMILES string of the molecule is COc1ccc2nnc(CNS(=O)(=O)N(C)C)n2n1. The Balaban J connectivity index is 2.26. The molecule has 0 bridgehead atoms. The van der Waals surface area contributed by atoms with Crippen LogP contribution in [0.5, 0.6) is 5.88 Å². The third-order valence-corrected chi connectivity index (χ3v) is 3.88. The fraction of sp³-hybridized carbons (Fsp3) is 0.444. The van der Waals surface area contributed by atoms with Crippen LogP contribution < -0.4 is 9.46 Å². The van der Waals surface area contributed by atoms with Crippen LogP contribution in [0.4, 0.5) is 0 Å². The molecule has 2 rings (SSSR count). The third-order valence-electron chi connectivity index (χ3n) is 2.41. The van der Waals surface area contributed by atoms with E-state index in [9.17, 15) is 8.42 Å². The molecule has 104 valence electrons. The Morgan fingerprint density at radius 1 is 1.37 bits per heavy atom. The molecule has 0 radical (unpaired) electrons. The maximum absolute atomic E-state index is 11.6. The molecule has 19 heavy (non-hydrogen) atoms. The highest BCUT2D eigenvalue weighted by atomic mass is 32.2. The monoisotopic (exact) mass is 286 g/mol. The molecule has 10 heteroatoms. The number of aromatic nitrogens is 4. The molecule has 2 aromatic rings. The quantitative estimate of drug-likeness (QED) is 0.758. The number of nitrogens with zero attached hydrogens (tertiary/aromatic N) is 5. The van der Waals surface area contributed by atoms with Gasteiger partial charge in [-0.3, -0.25) is 0 Å². The van der Waals surface area contributed by atoms with E-state index in [1.54, 1.807) is 12.1 Å². The van der Waals surface area contributed by atoms with Gasteiger partial charge in [-0.1, -0.05) is 0 Å². The first-order valence-electron chi connectivity index (χ1n) is 5.36. The Kier molecular flexibility index (Phi) is 3.64. The molecule has 0 saturated carbocycles. The lowest BCUT2D eigenvalue weighted by molar-refractivity contribution is 0.389. The van der Waals surface area contributed by atoms with Gasteiger partial charge in [0.25, 0.3) is 10.2 Å². The number of ether oxygens (including phenoxy) is 1. The minimum Gasteiger partial charge on any atom is -0.480 e. The molecule has 1 N–H and O–H groups in total. The van der Waals surface area contributed by atoms with Crippen molar-refractivity contribution in [3.63, 3.8) is 0 Å². The van der Waals surface area contributed by atoms with Gasteiger partial charge in [0.1, 0.15) is 0 Å². The van der Waals surface area contributed by atoms with Gasteiger partial charge >= 0.3 is 0 Å². The first-order chi connectivity index (χ1) is 8.94. The Hall–Kier alpha value is -1.78. The first kappa shape index (κ1) is 13.6. The van der Waals surface area contributed by atoms with Crippen molar-refractivity contribution in [3.05, 3.63) is 18.0 Å². The molecular formula is C9H14N6O3S. The highest BCUT2D eigenvalue weighted by Crippen LogP contribution is 2.08. The number of rotatable bonds is 5. The number of hydrogen-bond acceptors (Lipinski definition) is 6. The van der Waals surface area contributed by atoms with Crippen molar-refractivity contribution >= 4 is 15.9 Å². The topological polar surface area (TPSA) is 102 Å². The van der Waals surface area contributed by atoms with Crippen molar-refractivity contribution in [2.75, 3.05) is 21.2 Å². The van der Waals surface area contributed by atoms with E-state index in [4.69, 9.17) is 4.74 Å². The minimum atomic E-state index is -3.52. The molecule has 0 aliphatic rings. The van der Waals surface area contributed by atoms with E-state index in [2.05, 4.69) is 20.0 Å². The summed E-state index contributed by atoms with van der Waals surface area (Å²) in [6.45, 7) is -0.0121. The molecule has 0 aromatic carbocycles. The van der Waals surface area contributed by atoms with Gasteiger partial charge in [-0.2, -0.15) is 22.0 Å². The summed E-state index contributed by atoms with van der Waals surface area (Å²) >= 11 is 0. The van der Waals surface area contributed by atoms with Crippen LogP contribution in [0.25, 0.3) is 5.65 Å². The second kappa shape index (κ2) is 5.07. The lowest BCUT2D eigenvalue weighted by Gasteiger charge is -2.11. The smallest absolute Gasteiger partial charge is 0.279 e. The summed E-state index contributed by atoms with van der Waals surface area (Å²) < 4.78 is 33.1. The Morgan fingerprint density at radius 2 is 2.11 bits per heavy atom. The van der Waals surface area contributed by atoms with Crippen molar-refractivity contribution in [1.82, 2.24) is 28.8 Å². The van der Waals surface area contributed by atoms with Crippen LogP contribution >= 0.6 is 0 Å². The number of hydrogen-bond donors (Lipinski definition) is 1. The highest BCUT2D eigenvalue weighted by Gasteiger charge is 2.15. The molecule has 9 nitrogen and oxygen atoms in total. The molecule has 2 aromatic heterocycles. The third kappa shape index (κ3) is 2.80. The zero-order valence-corrected chi connectivity index (χ0v) is 11.5. The van der Waals surface area contributed by atoms with Crippen LogP contribution in [0.3, 0.4) is 0 Å². The zero-order valence-electron chi connectivity index (χ0n) is 10.7. The van der Waals surface area contributed by atoms with E-state index in [0.29, 0.717) is 17.4 Å². The van der Waals surface area contributed by atoms with Crippen molar-refractivity contribution < 1.29 is 13.2 Å². The van der Waals surface area contributed by atoms with Gasteiger partial charge in [0.15, 0.2) is 11.5 Å². The molecule has 0 amide bonds. The lowest BCUT2D eigenvalue weighted by Crippen LogP contribution is -2.35. The first-order valence-corrected chi connectivity index (χ1v) is 6.80. The van der Waals surface area contributed by atoms with Crippen molar-refractivity contribution in [3.8, 4) is 5.88 Å². The zero-order chi connectivity index (χ0) is 14.0. The molecule has 2 heterocycles. The van der Waals surface area contributed by atoms with Gasteiger partial charge in [0.05, 0.1) is 13.7 Å². The molecule has 0 aliphatic heterocycles. The molecule has 0 spiro atoms. The molecule has 0 saturated heterocycles. The Morgan fingerprint density at radius 3 is 2.74 bits per heavy atom. The number of nitrogens with one attached hydrogen (secondary N) is 1. The predicted molar refractivity (Wildman–Crippen MR) is 66.8 cm³/mol. The van der Waals surface area contributed by atoms with Crippen LogP contribution in [0.2, 0.25) is 0 Å². The van der Waals surface area contributed by atoms with Crippen LogP contribution in [-0.2, 0) is 16.8 Å². The summed E-state index contributed by atoms with van der Waals surface area (Å²) in [6, 6.07) is 3.33. The average molecular weight is 286 g/mol. The lowest BCUT2D eigenvalue weighted by atomic mass is 10.5. The maximum Gasteiger partial charge on any atom is 0.279 e. The fourth-order valence-electron chi connectivity index (χ4n) is 1.32. The summed E-state index contributed by atoms with van der Waals surface area (Å²) in [4.78, 5) is 0. The Labute approximate surface area is 110 Å². The molecule has 0 fully saturated rings. The van der Waals surface area contributed by atoms with Crippen molar-refractivity contribution in [2.24, 2.45) is 0 Å². The van der Waals surface area contributed by atoms with Crippen LogP contribution in [0.1, 0.15) is 5.82 Å². The van der Waals surface area contributed by atoms with E-state index >= 15 is 0 Å². The maximum atomic E-state index is 11.6. The number of methoxy groups -OCH3 is 1. The summed E-state index contributed by atoms with van der Waals surface area (Å²) in [5, 5.41) is 11.9. The Bertz CT molecular complexity index is 680. The number of fused-ring (bicyclic) bond motifs is 1. The second-order valence-electron chi connectivity index (χ2n) is 3.87. The molecular weight excluding hydrogens is 272 g/mol. The van der Waals surface area contributed by atoms with E-state index in [-0.39, 0.29) is 6.54 Å². The standard InChI is InChI=1S/C9H14N6O3S/c1-14(2)19(16,17)10-6-8-12-11-7-4-5-9(18-3)13-15(7)8/h4-5,10H,6H2,1-3H3. The second-order valence-corrected chi connectivity index (χ2v) is 5.84. The van der Waals surface area contributed by atoms with Gasteiger partial charge in [-0.25, -0.2) is 0 Å². The molecule has 0 unspecified atom stereocenters. The molecule has 0 aliphatic carbocycles. The van der Waals surface area contributed by atoms with Gasteiger partial charge in [-0.05, 0) is 6.07 Å². The van der Waals surface area contributed by atoms with Gasteiger partial charge in [0.2, 0.25) is 5.88 Å². The fourth-order valence-corrected chi connectivity index (χ4v) is 1.89. The van der Waals surface area contributed by atoms with Crippen molar-refractivity contribution in [1.29, 1.82) is 0 Å². The minimum absolute atomic E-state index is 0.0121. The highest BCUT2D eigenvalue weighted by molar-refractivity contribution is 7.87. The summed E-state index contributed by atoms with van der Waals surface area (Å²) in [6.07, 6.45) is 0. The average Bonchev–Trinajstić information content (AvgIpc) is 2.78. The predicted octanol–water partition coefficient (Wildman–Crippen LogP) is -0.971. The van der Waals surface area contributed by atoms with E-state index in [1.807, 2.05) is 0 Å². The molecule has 0 atom stereocenters. The normalized spacial score (nSPS) is 12.2. The van der Waals surface area contributed by atoms with Crippen molar-refractivity contribution in [2.45, 2.75) is 6.54 Å². The van der Waals surface area contributed by atoms with Crippen LogP contribution in [-0.4, -0.2) is 53.7 Å². The van der Waals surface area contributed by atoms with E-state index in [1.165, 1.54) is 25.7 Å². The van der Waals surface area contributed by atoms with Gasteiger partial charge in [-0.15, -0.1) is 15.3 Å². The van der Waals surface area contributed by atoms with E-state index in [0.717, 1.165) is 4.31 Å². The van der Waals surface area contributed by atoms with E-state index < -0.39 is 10.2 Å². The largest absolute Gasteiger partial charge is 0.480 e. The van der Waals surface area contributed by atoms with Crippen LogP contribution in [0.15, 0.2) is 12.1 Å². The van der Waals surface area contributed by atoms with Crippen LogP contribution in [0, 0.1) is 0 Å². The summed E-state index contributed by atoms with van der Waals surface area (Å²) in [5.41, 5.74) is 0.514. The van der Waals surface area contributed by atoms with Gasteiger partial charge in [0, 0.05) is 20.2 Å².